The Bertz CT molecular complexity index is 3830. The monoisotopic (exact) mass is 820 g/mol. The van der Waals surface area contributed by atoms with E-state index in [0.717, 1.165) is 56.3 Å². The number of allylic oxidation sites excluding steroid dienone is 5. The molecule has 0 saturated heterocycles. The summed E-state index contributed by atoms with van der Waals surface area (Å²) in [4.78, 5) is 5.44. The van der Waals surface area contributed by atoms with E-state index >= 15 is 0 Å². The summed E-state index contributed by atoms with van der Waals surface area (Å²) < 4.78 is 2.49. The van der Waals surface area contributed by atoms with E-state index in [1.54, 1.807) is 0 Å². The normalized spacial score (nSPS) is 16.4. The van der Waals surface area contributed by atoms with E-state index in [4.69, 9.17) is 4.98 Å². The number of rotatable bonds is 5. The largest absolute Gasteiger partial charge is 0.317 e. The van der Waals surface area contributed by atoms with Crippen molar-refractivity contribution in [2.24, 2.45) is 0 Å². The first-order valence-electron chi connectivity index (χ1n) is 23.3. The third kappa shape index (κ3) is 5.89. The number of aromatic nitrogens is 2. The van der Waals surface area contributed by atoms with Crippen molar-refractivity contribution in [3.8, 4) is 33.6 Å². The Morgan fingerprint density at radius 3 is 1.75 bits per heavy atom. The van der Waals surface area contributed by atoms with Gasteiger partial charge in [-0.05, 0) is 174 Å². The summed E-state index contributed by atoms with van der Waals surface area (Å²) in [5.74, 6) is 1.05. The van der Waals surface area contributed by atoms with Crippen LogP contribution in [0.15, 0.2) is 152 Å². The quantitative estimate of drug-likeness (QED) is 0.169. The summed E-state index contributed by atoms with van der Waals surface area (Å²) in [6.07, 6.45) is 28.7. The van der Waals surface area contributed by atoms with Gasteiger partial charge in [0, 0.05) is 5.56 Å². The lowest BCUT2D eigenvalue weighted by atomic mass is 9.81. The fraction of sp³-hybridized carbons (Fsp3) is 0.145. The van der Waals surface area contributed by atoms with Gasteiger partial charge >= 0.3 is 0 Å². The van der Waals surface area contributed by atoms with E-state index in [2.05, 4.69) is 194 Å². The molecule has 306 valence electrons. The number of imidazole rings is 1. The van der Waals surface area contributed by atoms with Crippen LogP contribution in [0.2, 0.25) is 0 Å². The fourth-order valence-corrected chi connectivity index (χ4v) is 11.6. The summed E-state index contributed by atoms with van der Waals surface area (Å²) in [7, 11) is 0. The summed E-state index contributed by atoms with van der Waals surface area (Å²) in [5.41, 5.74) is 15.7. The lowest BCUT2D eigenvalue weighted by Gasteiger charge is -2.22. The number of fused-ring (bicyclic) bond motifs is 7. The van der Waals surface area contributed by atoms with Crippen molar-refractivity contribution in [3.63, 3.8) is 0 Å². The van der Waals surface area contributed by atoms with E-state index in [0.29, 0.717) is 0 Å². The van der Waals surface area contributed by atoms with Crippen LogP contribution in [-0.4, -0.2) is 9.55 Å². The van der Waals surface area contributed by atoms with Gasteiger partial charge in [0.2, 0.25) is 0 Å². The molecule has 8 aromatic carbocycles. The van der Waals surface area contributed by atoms with Crippen LogP contribution in [0.1, 0.15) is 66.8 Å². The molecule has 9 aromatic rings. The summed E-state index contributed by atoms with van der Waals surface area (Å²) in [6, 6.07) is 48.4. The van der Waals surface area contributed by atoms with E-state index in [1.807, 2.05) is 0 Å². The van der Waals surface area contributed by atoms with Crippen LogP contribution in [-0.2, 0) is 6.42 Å². The third-order valence-corrected chi connectivity index (χ3v) is 14.5. The Morgan fingerprint density at radius 1 is 0.531 bits per heavy atom. The molecule has 13 rings (SSSR count). The second kappa shape index (κ2) is 14.9. The highest BCUT2D eigenvalue weighted by Gasteiger charge is 2.25. The molecule has 0 aliphatic heterocycles. The maximum absolute atomic E-state index is 5.44. The second-order valence-corrected chi connectivity index (χ2v) is 18.3. The van der Waals surface area contributed by atoms with Crippen molar-refractivity contribution < 1.29 is 0 Å². The molecular formula is C62H48N2. The van der Waals surface area contributed by atoms with Crippen molar-refractivity contribution in [2.45, 2.75) is 57.9 Å². The van der Waals surface area contributed by atoms with Crippen molar-refractivity contribution >= 4 is 79.3 Å². The zero-order valence-electron chi connectivity index (χ0n) is 36.2. The van der Waals surface area contributed by atoms with Gasteiger partial charge in [-0.3, -0.25) is 0 Å². The van der Waals surface area contributed by atoms with Gasteiger partial charge < -0.3 is 4.57 Å². The Balaban J connectivity index is 0.975. The summed E-state index contributed by atoms with van der Waals surface area (Å²) in [6.45, 7) is 2.20. The zero-order chi connectivity index (χ0) is 42.3. The van der Waals surface area contributed by atoms with Gasteiger partial charge in [-0.1, -0.05) is 163 Å². The minimum atomic E-state index is 0.203. The van der Waals surface area contributed by atoms with Crippen molar-refractivity contribution in [1.82, 2.24) is 9.55 Å². The summed E-state index contributed by atoms with van der Waals surface area (Å²) in [5, 5.41) is 13.2. The lowest BCUT2D eigenvalue weighted by Crippen LogP contribution is -2.33. The van der Waals surface area contributed by atoms with Crippen LogP contribution >= 0.6 is 0 Å². The molecule has 0 spiro atoms. The number of nitrogens with zero attached hydrogens (tertiary/aromatic N) is 2. The van der Waals surface area contributed by atoms with Gasteiger partial charge in [-0.25, -0.2) is 4.98 Å². The molecule has 2 heteroatoms. The molecular weight excluding hydrogens is 773 g/mol. The fourth-order valence-electron chi connectivity index (χ4n) is 11.6. The third-order valence-electron chi connectivity index (χ3n) is 14.5. The molecule has 1 heterocycles. The first-order valence-corrected chi connectivity index (χ1v) is 23.3. The topological polar surface area (TPSA) is 17.8 Å². The minimum absolute atomic E-state index is 0.203. The van der Waals surface area contributed by atoms with Crippen LogP contribution in [0, 0.1) is 6.92 Å². The number of hydrogen-bond acceptors (Lipinski definition) is 1. The van der Waals surface area contributed by atoms with Crippen molar-refractivity contribution in [1.29, 1.82) is 0 Å². The molecule has 0 bridgehead atoms. The molecule has 2 nitrogen and oxygen atoms in total. The molecule has 1 unspecified atom stereocenters. The number of para-hydroxylation sites is 2. The average Bonchev–Trinajstić information content (AvgIpc) is 3.73. The average molecular weight is 821 g/mol. The molecule has 0 saturated carbocycles. The SMILES string of the molecule is Cc1ccc2c(c1)CCC(c1c3c(c(-c4ccc5cc(-c6c7c(c(-c8nc9ccccc9n8C8C=CC=CC8)c8ccccc68)=CCCC=7)ccc5c4)c4ccccc14)=CCCC=3)=C2. The predicted octanol–water partition coefficient (Wildman–Crippen LogP) is 13.1. The second-order valence-electron chi connectivity index (χ2n) is 18.3. The summed E-state index contributed by atoms with van der Waals surface area (Å²) >= 11 is 0. The van der Waals surface area contributed by atoms with Gasteiger partial charge in [-0.15, -0.1) is 0 Å². The first kappa shape index (κ1) is 37.3. The smallest absolute Gasteiger partial charge is 0.142 e. The van der Waals surface area contributed by atoms with Crippen molar-refractivity contribution in [2.75, 3.05) is 0 Å². The van der Waals surface area contributed by atoms with Gasteiger partial charge in [0.25, 0.3) is 0 Å². The van der Waals surface area contributed by atoms with Gasteiger partial charge in [0.15, 0.2) is 0 Å². The number of benzene rings is 8. The van der Waals surface area contributed by atoms with Crippen molar-refractivity contribution in [3.05, 3.63) is 195 Å². The van der Waals surface area contributed by atoms with Crippen LogP contribution in [0.3, 0.4) is 0 Å². The maximum Gasteiger partial charge on any atom is 0.142 e. The van der Waals surface area contributed by atoms with Gasteiger partial charge in [0.1, 0.15) is 5.82 Å². The predicted molar refractivity (Wildman–Crippen MR) is 273 cm³/mol. The number of aryl methyl sites for hydroxylation is 2. The molecule has 1 aromatic heterocycles. The molecule has 1 atom stereocenters. The van der Waals surface area contributed by atoms with Crippen LogP contribution in [0.5, 0.6) is 0 Å². The molecule has 0 amide bonds. The molecule has 4 aliphatic carbocycles. The van der Waals surface area contributed by atoms with Crippen LogP contribution in [0.25, 0.3) is 113 Å². The lowest BCUT2D eigenvalue weighted by molar-refractivity contribution is 0.631. The highest BCUT2D eigenvalue weighted by atomic mass is 15.1. The Labute approximate surface area is 373 Å². The van der Waals surface area contributed by atoms with Gasteiger partial charge in [-0.2, -0.15) is 0 Å². The van der Waals surface area contributed by atoms with E-state index in [9.17, 15) is 0 Å². The highest BCUT2D eigenvalue weighted by Crippen LogP contribution is 2.39. The molecule has 4 aliphatic rings. The molecule has 0 N–H and O–H groups in total. The highest BCUT2D eigenvalue weighted by molar-refractivity contribution is 6.09. The Hall–Kier alpha value is -7.29. The van der Waals surface area contributed by atoms with Crippen LogP contribution < -0.4 is 20.9 Å². The van der Waals surface area contributed by atoms with E-state index in [1.165, 1.54) is 114 Å². The Morgan fingerprint density at radius 2 is 1.11 bits per heavy atom. The first-order chi connectivity index (χ1) is 31.7. The van der Waals surface area contributed by atoms with E-state index in [-0.39, 0.29) is 6.04 Å². The molecule has 64 heavy (non-hydrogen) atoms. The van der Waals surface area contributed by atoms with E-state index < -0.39 is 0 Å². The number of hydrogen-bond donors (Lipinski definition) is 0. The maximum atomic E-state index is 5.44. The standard InChI is InChI=1S/C62H48N2/c1-39-27-28-41-36-44(32-29-40(41)35-39)58-48-17-5-7-19-50(48)59(51-20-8-6-18-49(51)58)45-33-30-43-38-46(34-31-42(43)37-45)60-52-21-9-11-23-54(52)61(55-24-12-10-22-53(55)60)62-63-56-25-13-14-26-57(56)64(62)47-15-3-2-4-16-47/h2-5,7,9,11,13-15,17-28,30-31,33-38,47H,6,8,10,12,16,29,32H2,1H3. The Kier molecular flexibility index (Phi) is 8.69. The minimum Gasteiger partial charge on any atom is -0.317 e. The molecule has 0 fully saturated rings. The van der Waals surface area contributed by atoms with Gasteiger partial charge in [0.05, 0.1) is 17.1 Å². The zero-order valence-corrected chi connectivity index (χ0v) is 36.2. The van der Waals surface area contributed by atoms with Crippen LogP contribution in [0.4, 0.5) is 0 Å². The molecule has 0 radical (unpaired) electrons.